The smallest absolute Gasteiger partial charge is 0.393 e. The van der Waals surface area contributed by atoms with Crippen LogP contribution in [0.2, 0.25) is 0 Å². The van der Waals surface area contributed by atoms with Crippen molar-refractivity contribution in [2.24, 2.45) is 0 Å². The average Bonchev–Trinajstić information content (AvgIpc) is 1.82. The van der Waals surface area contributed by atoms with E-state index < -0.39 is 20.6 Å². The van der Waals surface area contributed by atoms with Gasteiger partial charge in [0.05, 0.1) is 6.61 Å². The van der Waals surface area contributed by atoms with Crippen LogP contribution in [0.3, 0.4) is 0 Å². The molecule has 0 fully saturated rings. The highest BCUT2D eigenvalue weighted by molar-refractivity contribution is 7.24. The minimum atomic E-state index is -3.04. The van der Waals surface area contributed by atoms with Crippen LogP contribution in [-0.4, -0.2) is 24.1 Å². The van der Waals surface area contributed by atoms with Crippen LogP contribution in [0.1, 0.15) is 0 Å². The molecule has 1 N–H and O–H groups in total. The number of carbonyl (C=O) groups is 1. The fourth-order valence-electron chi connectivity index (χ4n) is 0.212. The molecule has 0 saturated carbocycles. The number of aldehydes is 1. The monoisotopic (exact) mass is 152 g/mol. The molecule has 0 amide bonds. The van der Waals surface area contributed by atoms with Crippen LogP contribution in [0.5, 0.6) is 0 Å². The molecule has 0 saturated heterocycles. The molecule has 9 heavy (non-hydrogen) atoms. The van der Waals surface area contributed by atoms with Crippen molar-refractivity contribution in [3.05, 3.63) is 0 Å². The molecule has 6 heteroatoms. The van der Waals surface area contributed by atoms with Crippen LogP contribution >= 0.6 is 7.91 Å². The molecule has 0 aromatic carbocycles. The van der Waals surface area contributed by atoms with Crippen molar-refractivity contribution in [1.29, 1.82) is 0 Å². The maximum Gasteiger partial charge on any atom is 0.468 e. The lowest BCUT2D eigenvalue weighted by molar-refractivity contribution is -0.115. The van der Waals surface area contributed by atoms with Crippen LogP contribution < -0.4 is 0 Å². The number of carbonyl (C=O) groups excluding carboxylic acids is 1. The Balaban J connectivity index is 3.69. The van der Waals surface area contributed by atoms with E-state index in [1.807, 2.05) is 0 Å². The zero-order valence-electron chi connectivity index (χ0n) is 4.39. The summed E-state index contributed by atoms with van der Waals surface area (Å²) in [5.41, 5.74) is 0. The van der Waals surface area contributed by atoms with E-state index >= 15 is 0 Å². The standard InChI is InChI=1S/C3H5O5P/c4-1-3(2-5)8-9(6)7/h1,3,5H,2H2. The normalized spacial score (nSPS) is 12.6. The molecule has 0 heterocycles. The molecule has 0 aliphatic heterocycles. The van der Waals surface area contributed by atoms with Crippen molar-refractivity contribution in [3.63, 3.8) is 0 Å². The van der Waals surface area contributed by atoms with E-state index in [0.29, 0.717) is 0 Å². The minimum Gasteiger partial charge on any atom is -0.393 e. The van der Waals surface area contributed by atoms with Gasteiger partial charge >= 0.3 is 7.91 Å². The van der Waals surface area contributed by atoms with Crippen molar-refractivity contribution in [2.75, 3.05) is 6.61 Å². The van der Waals surface area contributed by atoms with Gasteiger partial charge in [-0.1, -0.05) is 0 Å². The van der Waals surface area contributed by atoms with E-state index in [9.17, 15) is 13.9 Å². The first-order chi connectivity index (χ1) is 4.20. The van der Waals surface area contributed by atoms with Gasteiger partial charge in [-0.25, -0.2) is 9.13 Å². The number of hydrogen-bond donors (Lipinski definition) is 1. The fraction of sp³-hybridized carbons (Fsp3) is 0.667. The molecule has 5 nitrogen and oxygen atoms in total. The SMILES string of the molecule is O=CC(CO)OP(=O)=O. The topological polar surface area (TPSA) is 80.7 Å². The summed E-state index contributed by atoms with van der Waals surface area (Å²) in [4.78, 5) is 9.72. The van der Waals surface area contributed by atoms with Crippen molar-refractivity contribution in [3.8, 4) is 0 Å². The van der Waals surface area contributed by atoms with Gasteiger partial charge in [0.25, 0.3) is 0 Å². The van der Waals surface area contributed by atoms with Gasteiger partial charge in [0.1, 0.15) is 0 Å². The van der Waals surface area contributed by atoms with Crippen molar-refractivity contribution in [1.82, 2.24) is 0 Å². The second-order valence-corrected chi connectivity index (χ2v) is 1.84. The van der Waals surface area contributed by atoms with E-state index in [0.717, 1.165) is 0 Å². The van der Waals surface area contributed by atoms with Crippen LogP contribution in [0.15, 0.2) is 0 Å². The fourth-order valence-corrected chi connectivity index (χ4v) is 0.549. The van der Waals surface area contributed by atoms with Gasteiger partial charge in [0, 0.05) is 0 Å². The molecule has 0 aromatic heterocycles. The van der Waals surface area contributed by atoms with Gasteiger partial charge in [-0.05, 0) is 0 Å². The Bertz CT molecular complexity index is 142. The summed E-state index contributed by atoms with van der Waals surface area (Å²) in [6, 6.07) is 0. The molecule has 1 unspecified atom stereocenters. The summed E-state index contributed by atoms with van der Waals surface area (Å²) >= 11 is 0. The number of aliphatic hydroxyl groups excluding tert-OH is 1. The Morgan fingerprint density at radius 3 is 2.33 bits per heavy atom. The third-order valence-corrected chi connectivity index (χ3v) is 0.996. The Kier molecular flexibility index (Phi) is 4.13. The number of aliphatic hydroxyl groups is 1. The zero-order valence-corrected chi connectivity index (χ0v) is 5.28. The van der Waals surface area contributed by atoms with Gasteiger partial charge in [0.2, 0.25) is 0 Å². The maximum absolute atomic E-state index is 9.72. The predicted octanol–water partition coefficient (Wildman–Crippen LogP) is -0.349. The molecular weight excluding hydrogens is 147 g/mol. The van der Waals surface area contributed by atoms with Crippen LogP contribution in [0.25, 0.3) is 0 Å². The minimum absolute atomic E-state index is 0.213. The second-order valence-electron chi connectivity index (χ2n) is 1.19. The summed E-state index contributed by atoms with van der Waals surface area (Å²) in [5, 5.41) is 8.15. The molecule has 0 radical (unpaired) electrons. The Labute approximate surface area is 51.5 Å². The highest BCUT2D eigenvalue weighted by Crippen LogP contribution is 2.07. The van der Waals surface area contributed by atoms with Crippen molar-refractivity contribution in [2.45, 2.75) is 6.10 Å². The Hall–Kier alpha value is -0.510. The first-order valence-electron chi connectivity index (χ1n) is 2.08. The molecule has 52 valence electrons. The second kappa shape index (κ2) is 4.38. The molecule has 0 aliphatic carbocycles. The molecule has 0 bridgehead atoms. The van der Waals surface area contributed by atoms with E-state index in [1.165, 1.54) is 0 Å². The molecular formula is C3H5O5P. The number of rotatable bonds is 4. The summed E-state index contributed by atoms with van der Waals surface area (Å²) < 4.78 is 23.2. The quantitative estimate of drug-likeness (QED) is 0.439. The third-order valence-electron chi connectivity index (χ3n) is 0.553. The summed E-state index contributed by atoms with van der Waals surface area (Å²) in [5.74, 6) is 0. The number of hydrogen-bond acceptors (Lipinski definition) is 5. The van der Waals surface area contributed by atoms with Gasteiger partial charge in [-0.2, -0.15) is 0 Å². The average molecular weight is 152 g/mol. The van der Waals surface area contributed by atoms with E-state index in [-0.39, 0.29) is 6.29 Å². The molecule has 1 atom stereocenters. The first kappa shape index (κ1) is 8.49. The van der Waals surface area contributed by atoms with E-state index in [4.69, 9.17) is 5.11 Å². The Morgan fingerprint density at radius 2 is 2.22 bits per heavy atom. The highest BCUT2D eigenvalue weighted by atomic mass is 31.1. The zero-order chi connectivity index (χ0) is 7.28. The van der Waals surface area contributed by atoms with Crippen LogP contribution in [0, 0.1) is 0 Å². The van der Waals surface area contributed by atoms with Gasteiger partial charge in [-0.15, -0.1) is 0 Å². The van der Waals surface area contributed by atoms with Crippen LogP contribution in [-0.2, 0) is 18.4 Å². The van der Waals surface area contributed by atoms with E-state index in [1.54, 1.807) is 0 Å². The van der Waals surface area contributed by atoms with Crippen molar-refractivity contribution >= 4 is 14.2 Å². The van der Waals surface area contributed by atoms with E-state index in [2.05, 4.69) is 4.52 Å². The van der Waals surface area contributed by atoms with Crippen molar-refractivity contribution < 1.29 is 23.6 Å². The third kappa shape index (κ3) is 4.02. The lowest BCUT2D eigenvalue weighted by atomic mass is 10.4. The lowest BCUT2D eigenvalue weighted by Gasteiger charge is -1.96. The van der Waals surface area contributed by atoms with Gasteiger partial charge in [0.15, 0.2) is 12.4 Å². The Morgan fingerprint density at radius 1 is 1.67 bits per heavy atom. The first-order valence-corrected chi connectivity index (χ1v) is 3.17. The summed E-state index contributed by atoms with van der Waals surface area (Å²) in [6.07, 6.45) is -1.03. The molecule has 0 spiro atoms. The molecule has 0 rings (SSSR count). The molecule has 0 aliphatic rings. The maximum atomic E-state index is 9.72. The molecule has 0 aromatic rings. The summed E-state index contributed by atoms with van der Waals surface area (Å²) in [7, 11) is -3.04. The lowest BCUT2D eigenvalue weighted by Crippen LogP contribution is -2.14. The highest BCUT2D eigenvalue weighted by Gasteiger charge is 2.07. The summed E-state index contributed by atoms with van der Waals surface area (Å²) in [6.45, 7) is -0.618. The predicted molar refractivity (Wildman–Crippen MR) is 26.3 cm³/mol. The van der Waals surface area contributed by atoms with Gasteiger partial charge < -0.3 is 9.90 Å². The largest absolute Gasteiger partial charge is 0.468 e. The van der Waals surface area contributed by atoms with Gasteiger partial charge in [-0.3, -0.25) is 4.52 Å². The van der Waals surface area contributed by atoms with Crippen LogP contribution in [0.4, 0.5) is 0 Å².